The summed E-state index contributed by atoms with van der Waals surface area (Å²) in [5.74, 6) is 1.24. The molecule has 1 amide bonds. The van der Waals surface area contributed by atoms with Gasteiger partial charge < -0.3 is 10.3 Å². The van der Waals surface area contributed by atoms with Crippen LogP contribution < -0.4 is 5.32 Å². The number of benzene rings is 2. The Morgan fingerprint density at radius 1 is 1.12 bits per heavy atom. The first-order valence-electron chi connectivity index (χ1n) is 8.29. The van der Waals surface area contributed by atoms with E-state index in [1.165, 1.54) is 11.1 Å². The molecule has 4 heteroatoms. The minimum atomic E-state index is 0.0486. The van der Waals surface area contributed by atoms with Crippen molar-refractivity contribution in [2.75, 3.05) is 5.32 Å². The van der Waals surface area contributed by atoms with Gasteiger partial charge in [-0.2, -0.15) is 0 Å². The number of aromatic amines is 1. The van der Waals surface area contributed by atoms with Crippen LogP contribution in [0.1, 0.15) is 31.4 Å². The molecule has 0 bridgehead atoms. The van der Waals surface area contributed by atoms with Crippen LogP contribution in [0.4, 0.5) is 5.69 Å². The van der Waals surface area contributed by atoms with Gasteiger partial charge >= 0.3 is 0 Å². The number of anilines is 1. The molecule has 2 aromatic carbocycles. The normalized spacial score (nSPS) is 11.2. The standard InChI is InChI=1S/C20H23N3O/c1-12(2)9-19(24)21-16-7-5-15(6-8-16)20-22-17-10-13(3)14(4)11-18(17)23-20/h5-8,10-12H,9H2,1-4H3,(H,21,24)(H,22,23). The lowest BCUT2D eigenvalue weighted by Gasteiger charge is -2.07. The van der Waals surface area contributed by atoms with Gasteiger partial charge in [-0.3, -0.25) is 4.79 Å². The maximum Gasteiger partial charge on any atom is 0.224 e. The molecule has 0 aliphatic rings. The van der Waals surface area contributed by atoms with Gasteiger partial charge in [-0.1, -0.05) is 13.8 Å². The van der Waals surface area contributed by atoms with Crippen molar-refractivity contribution in [1.82, 2.24) is 9.97 Å². The van der Waals surface area contributed by atoms with Crippen LogP contribution in [0.5, 0.6) is 0 Å². The molecule has 1 aromatic heterocycles. The predicted molar refractivity (Wildman–Crippen MR) is 99.1 cm³/mol. The van der Waals surface area contributed by atoms with Gasteiger partial charge in [0.1, 0.15) is 5.82 Å². The molecule has 1 heterocycles. The second-order valence-corrected chi connectivity index (χ2v) is 6.76. The summed E-state index contributed by atoms with van der Waals surface area (Å²) in [7, 11) is 0. The van der Waals surface area contributed by atoms with Gasteiger partial charge in [-0.25, -0.2) is 4.98 Å². The van der Waals surface area contributed by atoms with E-state index in [9.17, 15) is 4.79 Å². The SMILES string of the molecule is Cc1cc2nc(-c3ccc(NC(=O)CC(C)C)cc3)[nH]c2cc1C. The lowest BCUT2D eigenvalue weighted by atomic mass is 10.1. The number of nitrogens with zero attached hydrogens (tertiary/aromatic N) is 1. The first-order chi connectivity index (χ1) is 11.4. The van der Waals surface area contributed by atoms with Crippen LogP contribution in [0, 0.1) is 19.8 Å². The molecule has 4 nitrogen and oxygen atoms in total. The summed E-state index contributed by atoms with van der Waals surface area (Å²) in [4.78, 5) is 19.9. The van der Waals surface area contributed by atoms with Crippen LogP contribution in [-0.4, -0.2) is 15.9 Å². The van der Waals surface area contributed by atoms with Crippen molar-refractivity contribution in [3.63, 3.8) is 0 Å². The minimum absolute atomic E-state index is 0.0486. The lowest BCUT2D eigenvalue weighted by Crippen LogP contribution is -2.13. The fraction of sp³-hybridized carbons (Fsp3) is 0.300. The molecular formula is C20H23N3O. The second-order valence-electron chi connectivity index (χ2n) is 6.76. The summed E-state index contributed by atoms with van der Waals surface area (Å²) < 4.78 is 0. The summed E-state index contributed by atoms with van der Waals surface area (Å²) in [6, 6.07) is 12.0. The quantitative estimate of drug-likeness (QED) is 0.723. The summed E-state index contributed by atoms with van der Waals surface area (Å²) in [6.45, 7) is 8.27. The van der Waals surface area contributed by atoms with Crippen LogP contribution in [0.25, 0.3) is 22.4 Å². The molecule has 0 saturated heterocycles. The van der Waals surface area contributed by atoms with E-state index in [1.54, 1.807) is 0 Å². The van der Waals surface area contributed by atoms with Gasteiger partial charge in [-0.05, 0) is 67.3 Å². The highest BCUT2D eigenvalue weighted by molar-refractivity contribution is 5.91. The van der Waals surface area contributed by atoms with E-state index in [0.29, 0.717) is 12.3 Å². The van der Waals surface area contributed by atoms with E-state index in [2.05, 4.69) is 41.3 Å². The zero-order valence-corrected chi connectivity index (χ0v) is 14.6. The summed E-state index contributed by atoms with van der Waals surface area (Å²) in [6.07, 6.45) is 0.532. The number of rotatable bonds is 4. The third-order valence-electron chi connectivity index (χ3n) is 4.13. The number of hydrogen-bond acceptors (Lipinski definition) is 2. The number of H-pyrrole nitrogens is 1. The average Bonchev–Trinajstić information content (AvgIpc) is 2.90. The maximum absolute atomic E-state index is 11.8. The van der Waals surface area contributed by atoms with Gasteiger partial charge in [0.05, 0.1) is 11.0 Å². The first-order valence-corrected chi connectivity index (χ1v) is 8.29. The third kappa shape index (κ3) is 3.48. The molecular weight excluding hydrogens is 298 g/mol. The van der Waals surface area contributed by atoms with Crippen molar-refractivity contribution in [3.05, 3.63) is 47.5 Å². The molecule has 0 unspecified atom stereocenters. The number of nitrogens with one attached hydrogen (secondary N) is 2. The Bertz CT molecular complexity index is 837. The van der Waals surface area contributed by atoms with Crippen LogP contribution in [-0.2, 0) is 4.79 Å². The van der Waals surface area contributed by atoms with Crippen molar-refractivity contribution in [1.29, 1.82) is 0 Å². The Kier molecular flexibility index (Phi) is 4.38. The Morgan fingerprint density at radius 2 is 1.79 bits per heavy atom. The molecule has 3 aromatic rings. The summed E-state index contributed by atoms with van der Waals surface area (Å²) >= 11 is 0. The molecule has 0 saturated carbocycles. The molecule has 24 heavy (non-hydrogen) atoms. The maximum atomic E-state index is 11.8. The Labute approximate surface area is 142 Å². The monoisotopic (exact) mass is 321 g/mol. The molecule has 124 valence electrons. The number of amides is 1. The fourth-order valence-electron chi connectivity index (χ4n) is 2.70. The van der Waals surface area contributed by atoms with Crippen molar-refractivity contribution in [2.45, 2.75) is 34.1 Å². The second kappa shape index (κ2) is 6.48. The van der Waals surface area contributed by atoms with Crippen LogP contribution in [0.15, 0.2) is 36.4 Å². The van der Waals surface area contributed by atoms with Gasteiger partial charge in [0.2, 0.25) is 5.91 Å². The highest BCUT2D eigenvalue weighted by Crippen LogP contribution is 2.24. The van der Waals surface area contributed by atoms with Gasteiger partial charge in [0, 0.05) is 17.7 Å². The van der Waals surface area contributed by atoms with Crippen LogP contribution in [0.3, 0.4) is 0 Å². The zero-order chi connectivity index (χ0) is 17.3. The number of aromatic nitrogens is 2. The largest absolute Gasteiger partial charge is 0.338 e. The lowest BCUT2D eigenvalue weighted by molar-refractivity contribution is -0.116. The van der Waals surface area contributed by atoms with E-state index in [-0.39, 0.29) is 5.91 Å². The molecule has 0 aliphatic heterocycles. The first kappa shape index (κ1) is 16.2. The molecule has 0 atom stereocenters. The molecule has 2 N–H and O–H groups in total. The topological polar surface area (TPSA) is 57.8 Å². The minimum Gasteiger partial charge on any atom is -0.338 e. The molecule has 0 aliphatic carbocycles. The Balaban J connectivity index is 1.81. The molecule has 0 spiro atoms. The summed E-state index contributed by atoms with van der Waals surface area (Å²) in [5, 5.41) is 2.92. The summed E-state index contributed by atoms with van der Waals surface area (Å²) in [5.41, 5.74) is 6.32. The third-order valence-corrected chi connectivity index (χ3v) is 4.13. The molecule has 0 radical (unpaired) electrons. The van der Waals surface area contributed by atoms with E-state index < -0.39 is 0 Å². The van der Waals surface area contributed by atoms with E-state index in [4.69, 9.17) is 0 Å². The van der Waals surface area contributed by atoms with Crippen molar-refractivity contribution in [3.8, 4) is 11.4 Å². The van der Waals surface area contributed by atoms with Crippen LogP contribution >= 0.6 is 0 Å². The zero-order valence-electron chi connectivity index (χ0n) is 14.6. The number of fused-ring (bicyclic) bond motifs is 1. The predicted octanol–water partition coefficient (Wildman–Crippen LogP) is 4.83. The number of carbonyl (C=O) groups is 1. The fourth-order valence-corrected chi connectivity index (χ4v) is 2.70. The Morgan fingerprint density at radius 3 is 2.46 bits per heavy atom. The number of imidazole rings is 1. The van der Waals surface area contributed by atoms with Crippen molar-refractivity contribution >= 4 is 22.6 Å². The van der Waals surface area contributed by atoms with Gasteiger partial charge in [-0.15, -0.1) is 0 Å². The van der Waals surface area contributed by atoms with Crippen molar-refractivity contribution in [2.24, 2.45) is 5.92 Å². The van der Waals surface area contributed by atoms with E-state index in [0.717, 1.165) is 28.1 Å². The van der Waals surface area contributed by atoms with Crippen molar-refractivity contribution < 1.29 is 4.79 Å². The number of carbonyl (C=O) groups excluding carboxylic acids is 1. The highest BCUT2D eigenvalue weighted by atomic mass is 16.1. The van der Waals surface area contributed by atoms with E-state index in [1.807, 2.05) is 38.1 Å². The molecule has 0 fully saturated rings. The van der Waals surface area contributed by atoms with Crippen LogP contribution in [0.2, 0.25) is 0 Å². The molecule has 3 rings (SSSR count). The van der Waals surface area contributed by atoms with Gasteiger partial charge in [0.25, 0.3) is 0 Å². The Hall–Kier alpha value is -2.62. The number of hydrogen-bond donors (Lipinski definition) is 2. The highest BCUT2D eigenvalue weighted by Gasteiger charge is 2.08. The van der Waals surface area contributed by atoms with Gasteiger partial charge in [0.15, 0.2) is 0 Å². The van der Waals surface area contributed by atoms with E-state index >= 15 is 0 Å². The number of aryl methyl sites for hydroxylation is 2. The smallest absolute Gasteiger partial charge is 0.224 e. The average molecular weight is 321 g/mol.